The molecule has 11 rings (SSSR count). The van der Waals surface area contributed by atoms with E-state index in [-0.39, 0.29) is 40.2 Å². The molecular weight excluding hydrogens is 1210 g/mol. The number of benzene rings is 8. The van der Waals surface area contributed by atoms with E-state index in [1.807, 2.05) is 67.0 Å². The minimum atomic E-state index is 0. The maximum atomic E-state index is 5.66. The van der Waals surface area contributed by atoms with Crippen molar-refractivity contribution in [3.05, 3.63) is 254 Å². The van der Waals surface area contributed by atoms with E-state index in [0.29, 0.717) is 5.82 Å². The Morgan fingerprint density at radius 2 is 0.729 bits per heavy atom. The Labute approximate surface area is 437 Å². The molecule has 3 aromatic heterocycles. The van der Waals surface area contributed by atoms with Crippen LogP contribution in [0.2, 0.25) is 0 Å². The molecule has 0 N–H and O–H groups in total. The van der Waals surface area contributed by atoms with Crippen LogP contribution < -0.4 is 0 Å². The molecule has 0 unspecified atom stereocenters. The second kappa shape index (κ2) is 21.4. The average Bonchev–Trinajstić information content (AvgIpc) is 3.41. The Hall–Kier alpha value is -7.56. The maximum Gasteiger partial charge on any atom is 0.158 e. The summed E-state index contributed by atoms with van der Waals surface area (Å²) in [6.45, 7) is 4.31. The quantitative estimate of drug-likeness (QED) is 0.128. The summed E-state index contributed by atoms with van der Waals surface area (Å²) in [6, 6.07) is 83.6. The zero-order chi connectivity index (χ0) is 45.8. The fourth-order valence-corrected chi connectivity index (χ4v) is 9.15. The third-order valence-corrected chi connectivity index (χ3v) is 12.3. The van der Waals surface area contributed by atoms with E-state index in [1.54, 1.807) is 0 Å². The number of nitrogens with zero attached hydrogens (tertiary/aromatic N) is 4. The molecule has 0 atom stereocenters. The number of hydrogen-bond donors (Lipinski definition) is 0. The van der Waals surface area contributed by atoms with Crippen molar-refractivity contribution in [2.45, 2.75) is 13.8 Å². The number of aryl methyl sites for hydroxylation is 2. The van der Waals surface area contributed by atoms with E-state index in [1.165, 1.54) is 0 Å². The van der Waals surface area contributed by atoms with Crippen LogP contribution in [0.25, 0.3) is 112 Å². The van der Waals surface area contributed by atoms with Crippen LogP contribution in [0.5, 0.6) is 0 Å². The molecule has 0 aliphatic heterocycles. The molecule has 0 fully saturated rings. The van der Waals surface area contributed by atoms with Crippen molar-refractivity contribution in [2.24, 2.45) is 0 Å². The van der Waals surface area contributed by atoms with Gasteiger partial charge < -0.3 is 9.97 Å². The van der Waals surface area contributed by atoms with Gasteiger partial charge in [0.2, 0.25) is 0 Å². The molecule has 70 heavy (non-hydrogen) atoms. The SMILES string of the molecule is Cc1cc(C)cc(-c2c(-c3c[c-]c(-c4ccccn4)cc3-c3cccc(-c4ccccc4)c3)nc(-c3ccccc3)nc2-c2c[c-]c(-c3ccccn3)cc2-c2cccc(-c3ccccc3)c2)c1.[Ir].[Ir]. The van der Waals surface area contributed by atoms with E-state index in [2.05, 4.69) is 190 Å². The maximum absolute atomic E-state index is 5.66. The van der Waals surface area contributed by atoms with Crippen molar-refractivity contribution >= 4 is 0 Å². The van der Waals surface area contributed by atoms with Gasteiger partial charge in [0, 0.05) is 75.1 Å². The summed E-state index contributed by atoms with van der Waals surface area (Å²) in [4.78, 5) is 20.9. The Morgan fingerprint density at radius 1 is 0.329 bits per heavy atom. The topological polar surface area (TPSA) is 51.6 Å². The second-order valence-corrected chi connectivity index (χ2v) is 17.0. The monoisotopic (exact) mass is 1250 g/mol. The molecule has 8 aromatic carbocycles. The van der Waals surface area contributed by atoms with Gasteiger partial charge in [0.1, 0.15) is 0 Å². The first-order valence-electron chi connectivity index (χ1n) is 22.9. The number of rotatable bonds is 10. The van der Waals surface area contributed by atoms with Gasteiger partial charge in [-0.15, -0.1) is 47.5 Å². The van der Waals surface area contributed by atoms with E-state index in [9.17, 15) is 0 Å². The fourth-order valence-electron chi connectivity index (χ4n) is 9.15. The van der Waals surface area contributed by atoms with Gasteiger partial charge in [-0.1, -0.05) is 203 Å². The van der Waals surface area contributed by atoms with Gasteiger partial charge in [-0.2, -0.15) is 0 Å². The minimum Gasteiger partial charge on any atom is -0.305 e. The third kappa shape index (κ3) is 9.96. The fraction of sp³-hybridized carbons (Fsp3) is 0.0312. The summed E-state index contributed by atoms with van der Waals surface area (Å²) >= 11 is 0. The predicted octanol–water partition coefficient (Wildman–Crippen LogP) is 16.1. The Bertz CT molecular complexity index is 3360. The van der Waals surface area contributed by atoms with Gasteiger partial charge in [-0.25, -0.2) is 9.97 Å². The minimum absolute atomic E-state index is 0. The summed E-state index contributed by atoms with van der Waals surface area (Å²) in [6.07, 6.45) is 3.66. The molecule has 0 saturated carbocycles. The van der Waals surface area contributed by atoms with E-state index >= 15 is 0 Å². The molecular formula is C64H44Ir2N4-2. The van der Waals surface area contributed by atoms with Crippen LogP contribution in [0.4, 0.5) is 0 Å². The number of aromatic nitrogens is 4. The molecule has 0 amide bonds. The van der Waals surface area contributed by atoms with Crippen molar-refractivity contribution in [1.82, 2.24) is 19.9 Å². The van der Waals surface area contributed by atoms with Crippen LogP contribution in [0, 0.1) is 26.0 Å². The first kappa shape index (κ1) is 47.5. The largest absolute Gasteiger partial charge is 0.305 e. The number of pyridine rings is 2. The molecule has 3 heterocycles. The predicted molar refractivity (Wildman–Crippen MR) is 279 cm³/mol. The van der Waals surface area contributed by atoms with Gasteiger partial charge >= 0.3 is 0 Å². The van der Waals surface area contributed by atoms with Crippen LogP contribution in [0.15, 0.2) is 231 Å². The number of hydrogen-bond acceptors (Lipinski definition) is 4. The van der Waals surface area contributed by atoms with E-state index in [4.69, 9.17) is 19.9 Å². The molecule has 0 spiro atoms. The molecule has 0 aliphatic carbocycles. The molecule has 0 aliphatic rings. The Balaban J connectivity index is 0.00000304. The van der Waals surface area contributed by atoms with E-state index < -0.39 is 0 Å². The first-order valence-corrected chi connectivity index (χ1v) is 22.9. The van der Waals surface area contributed by atoms with Gasteiger partial charge in [0.25, 0.3) is 0 Å². The second-order valence-electron chi connectivity index (χ2n) is 17.0. The van der Waals surface area contributed by atoms with Crippen molar-refractivity contribution in [3.8, 4) is 112 Å². The standard InChI is InChI=1S/C64H44N4.2Ir/c1-43-36-44(2)38-54(37-43)61-62(55-32-30-52(59-28-12-14-34-65-59)41-57(55)50-26-16-24-48(39-50)45-18-6-3-7-19-45)67-64(47-22-10-5-11-23-47)68-63(61)56-33-31-53(60-29-13-15-35-66-60)42-58(56)51-27-17-25-49(40-51)46-20-8-4-9-21-46;;/h3-29,32-42H,1-2H3;;/q-2;;. The summed E-state index contributed by atoms with van der Waals surface area (Å²) in [5, 5.41) is 0. The van der Waals surface area contributed by atoms with Crippen LogP contribution >= 0.6 is 0 Å². The van der Waals surface area contributed by atoms with Crippen LogP contribution in [0.3, 0.4) is 0 Å². The summed E-state index contributed by atoms with van der Waals surface area (Å²) in [5.41, 5.74) is 20.6. The molecule has 340 valence electrons. The van der Waals surface area contributed by atoms with Crippen molar-refractivity contribution in [3.63, 3.8) is 0 Å². The molecule has 0 saturated heterocycles. The van der Waals surface area contributed by atoms with Gasteiger partial charge in [-0.05, 0) is 88.4 Å². The van der Waals surface area contributed by atoms with Crippen molar-refractivity contribution < 1.29 is 40.2 Å². The van der Waals surface area contributed by atoms with Gasteiger partial charge in [0.15, 0.2) is 5.82 Å². The van der Waals surface area contributed by atoms with Crippen LogP contribution in [-0.4, -0.2) is 19.9 Å². The molecule has 4 nitrogen and oxygen atoms in total. The normalized spacial score (nSPS) is 10.8. The average molecular weight is 1250 g/mol. The molecule has 6 heteroatoms. The Kier molecular flexibility index (Phi) is 14.5. The summed E-state index contributed by atoms with van der Waals surface area (Å²) < 4.78 is 0. The van der Waals surface area contributed by atoms with Crippen molar-refractivity contribution in [1.29, 1.82) is 0 Å². The van der Waals surface area contributed by atoms with Crippen LogP contribution in [-0.2, 0) is 40.2 Å². The van der Waals surface area contributed by atoms with Gasteiger partial charge in [0.05, 0.1) is 0 Å². The smallest absolute Gasteiger partial charge is 0.158 e. The van der Waals surface area contributed by atoms with Crippen molar-refractivity contribution in [2.75, 3.05) is 0 Å². The molecule has 11 aromatic rings. The van der Waals surface area contributed by atoms with E-state index in [0.717, 1.165) is 117 Å². The van der Waals surface area contributed by atoms with Gasteiger partial charge in [-0.3, -0.25) is 0 Å². The summed E-state index contributed by atoms with van der Waals surface area (Å²) in [5.74, 6) is 0.610. The zero-order valence-electron chi connectivity index (χ0n) is 38.4. The molecule has 2 radical (unpaired) electrons. The first-order chi connectivity index (χ1) is 33.5. The summed E-state index contributed by atoms with van der Waals surface area (Å²) in [7, 11) is 0. The molecule has 0 bridgehead atoms. The van der Waals surface area contributed by atoms with Crippen LogP contribution in [0.1, 0.15) is 11.1 Å². The third-order valence-electron chi connectivity index (χ3n) is 12.3. The Morgan fingerprint density at radius 3 is 1.16 bits per heavy atom. The zero-order valence-corrected chi connectivity index (χ0v) is 43.2.